The Bertz CT molecular complexity index is 737. The third kappa shape index (κ3) is 3.88. The molecule has 0 radical (unpaired) electrons. The van der Waals surface area contributed by atoms with Gasteiger partial charge in [0, 0.05) is 12.6 Å². The average molecular weight is 316 g/mol. The summed E-state index contributed by atoms with van der Waals surface area (Å²) in [7, 11) is 3.34. The van der Waals surface area contributed by atoms with Crippen molar-refractivity contribution in [2.24, 2.45) is 7.05 Å². The van der Waals surface area contributed by atoms with Crippen LogP contribution in [-0.4, -0.2) is 35.2 Å². The second kappa shape index (κ2) is 6.95. The summed E-state index contributed by atoms with van der Waals surface area (Å²) in [5.41, 5.74) is 2.70. The Kier molecular flexibility index (Phi) is 5.00. The van der Waals surface area contributed by atoms with Crippen molar-refractivity contribution in [1.29, 1.82) is 0 Å². The predicted octanol–water partition coefficient (Wildman–Crippen LogP) is 1.41. The first kappa shape index (κ1) is 16.5. The second-order valence-corrected chi connectivity index (χ2v) is 5.13. The van der Waals surface area contributed by atoms with Crippen molar-refractivity contribution in [3.8, 4) is 5.75 Å². The quantitative estimate of drug-likeness (QED) is 0.873. The van der Waals surface area contributed by atoms with Crippen LogP contribution in [0, 0.1) is 13.8 Å². The molecule has 7 heteroatoms. The van der Waals surface area contributed by atoms with Gasteiger partial charge in [0.25, 0.3) is 5.91 Å². The maximum absolute atomic E-state index is 12.0. The number of amides is 2. The van der Waals surface area contributed by atoms with Crippen LogP contribution in [0.1, 0.15) is 21.7 Å². The van der Waals surface area contributed by atoms with Gasteiger partial charge in [0.2, 0.25) is 5.91 Å². The Hall–Kier alpha value is -2.83. The molecule has 0 saturated heterocycles. The van der Waals surface area contributed by atoms with Crippen molar-refractivity contribution < 1.29 is 14.3 Å². The first-order valence-corrected chi connectivity index (χ1v) is 7.14. The van der Waals surface area contributed by atoms with Crippen LogP contribution in [0.15, 0.2) is 24.3 Å². The number of hydrogen-bond donors (Lipinski definition) is 2. The predicted molar refractivity (Wildman–Crippen MR) is 86.6 cm³/mol. The molecule has 0 unspecified atom stereocenters. The molecule has 1 aromatic heterocycles. The molecule has 1 heterocycles. The van der Waals surface area contributed by atoms with Gasteiger partial charge in [0.15, 0.2) is 0 Å². The molecule has 0 aliphatic heterocycles. The molecule has 2 rings (SSSR count). The molecule has 0 spiro atoms. The molecule has 0 atom stereocenters. The van der Waals surface area contributed by atoms with E-state index in [-0.39, 0.29) is 18.4 Å². The number of nitrogens with one attached hydrogen (secondary N) is 2. The van der Waals surface area contributed by atoms with Gasteiger partial charge >= 0.3 is 0 Å². The Morgan fingerprint density at radius 1 is 1.30 bits per heavy atom. The van der Waals surface area contributed by atoms with E-state index in [1.165, 1.54) is 7.11 Å². The third-order valence-corrected chi connectivity index (χ3v) is 3.51. The number of aryl methyl sites for hydroxylation is 2. The molecule has 0 bridgehead atoms. The molecule has 2 amide bonds. The van der Waals surface area contributed by atoms with Crippen LogP contribution < -0.4 is 15.4 Å². The summed E-state index contributed by atoms with van der Waals surface area (Å²) >= 11 is 0. The van der Waals surface area contributed by atoms with Crippen molar-refractivity contribution in [2.75, 3.05) is 19.0 Å². The van der Waals surface area contributed by atoms with Gasteiger partial charge in [0.1, 0.15) is 5.75 Å². The van der Waals surface area contributed by atoms with E-state index in [1.807, 2.05) is 20.9 Å². The number of aromatic nitrogens is 2. The number of methoxy groups -OCH3 is 1. The van der Waals surface area contributed by atoms with Crippen molar-refractivity contribution >= 4 is 17.5 Å². The van der Waals surface area contributed by atoms with E-state index >= 15 is 0 Å². The van der Waals surface area contributed by atoms with Crippen LogP contribution in [0.25, 0.3) is 0 Å². The van der Waals surface area contributed by atoms with Gasteiger partial charge in [-0.2, -0.15) is 5.10 Å². The summed E-state index contributed by atoms with van der Waals surface area (Å²) < 4.78 is 6.76. The minimum absolute atomic E-state index is 0.121. The van der Waals surface area contributed by atoms with Gasteiger partial charge in [-0.25, -0.2) is 0 Å². The van der Waals surface area contributed by atoms with Gasteiger partial charge in [-0.05, 0) is 32.0 Å². The van der Waals surface area contributed by atoms with Crippen molar-refractivity contribution in [2.45, 2.75) is 13.8 Å². The molecular formula is C16H20N4O3. The standard InChI is InChI=1S/C16H20N4O3/c1-10-15(11(2)20(3)19-10)18-14(21)9-17-16(22)12-6-5-7-13(8-12)23-4/h5-8H,9H2,1-4H3,(H,17,22)(H,18,21). The topological polar surface area (TPSA) is 85.2 Å². The van der Waals surface area contributed by atoms with E-state index in [0.29, 0.717) is 17.0 Å². The highest BCUT2D eigenvalue weighted by Gasteiger charge is 2.13. The van der Waals surface area contributed by atoms with Gasteiger partial charge in [-0.1, -0.05) is 6.07 Å². The molecule has 0 fully saturated rings. The van der Waals surface area contributed by atoms with Crippen LogP contribution in [0.2, 0.25) is 0 Å². The van der Waals surface area contributed by atoms with E-state index in [9.17, 15) is 9.59 Å². The number of rotatable bonds is 5. The highest BCUT2D eigenvalue weighted by atomic mass is 16.5. The fourth-order valence-electron chi connectivity index (χ4n) is 2.17. The van der Waals surface area contributed by atoms with E-state index < -0.39 is 0 Å². The zero-order valence-corrected chi connectivity index (χ0v) is 13.6. The minimum Gasteiger partial charge on any atom is -0.497 e. The number of carbonyl (C=O) groups is 2. The molecule has 122 valence electrons. The third-order valence-electron chi connectivity index (χ3n) is 3.51. The van der Waals surface area contributed by atoms with Gasteiger partial charge in [0.05, 0.1) is 30.7 Å². The molecule has 0 aliphatic rings. The van der Waals surface area contributed by atoms with Gasteiger partial charge in [-0.3, -0.25) is 14.3 Å². The van der Waals surface area contributed by atoms with Crippen molar-refractivity contribution in [3.05, 3.63) is 41.2 Å². The average Bonchev–Trinajstić information content (AvgIpc) is 2.79. The van der Waals surface area contributed by atoms with E-state index in [2.05, 4.69) is 15.7 Å². The Balaban J connectivity index is 1.94. The number of ether oxygens (including phenoxy) is 1. The highest BCUT2D eigenvalue weighted by molar-refractivity contribution is 5.99. The van der Waals surface area contributed by atoms with Crippen LogP contribution >= 0.6 is 0 Å². The van der Waals surface area contributed by atoms with Crippen LogP contribution in [0.3, 0.4) is 0 Å². The molecule has 1 aromatic carbocycles. The first-order chi connectivity index (χ1) is 10.9. The highest BCUT2D eigenvalue weighted by Crippen LogP contribution is 2.18. The Morgan fingerprint density at radius 2 is 2.04 bits per heavy atom. The van der Waals surface area contributed by atoms with Crippen molar-refractivity contribution in [3.63, 3.8) is 0 Å². The second-order valence-electron chi connectivity index (χ2n) is 5.13. The van der Waals surface area contributed by atoms with E-state index in [0.717, 1.165) is 11.4 Å². The number of nitrogens with zero attached hydrogens (tertiary/aromatic N) is 2. The largest absolute Gasteiger partial charge is 0.497 e. The molecule has 23 heavy (non-hydrogen) atoms. The number of benzene rings is 1. The molecule has 2 N–H and O–H groups in total. The van der Waals surface area contributed by atoms with Gasteiger partial charge in [-0.15, -0.1) is 0 Å². The summed E-state index contributed by atoms with van der Waals surface area (Å²) in [6, 6.07) is 6.74. The summed E-state index contributed by atoms with van der Waals surface area (Å²) in [5.74, 6) is -0.0529. The maximum atomic E-state index is 12.0. The monoisotopic (exact) mass is 316 g/mol. The first-order valence-electron chi connectivity index (χ1n) is 7.14. The summed E-state index contributed by atoms with van der Waals surface area (Å²) in [4.78, 5) is 24.0. The van der Waals surface area contributed by atoms with Crippen LogP contribution in [-0.2, 0) is 11.8 Å². The number of carbonyl (C=O) groups excluding carboxylic acids is 2. The van der Waals surface area contributed by atoms with E-state index in [4.69, 9.17) is 4.74 Å². The summed E-state index contributed by atoms with van der Waals surface area (Å²) in [5, 5.41) is 9.58. The Morgan fingerprint density at radius 3 is 2.65 bits per heavy atom. The minimum atomic E-state index is -0.335. The molecule has 2 aromatic rings. The fraction of sp³-hybridized carbons (Fsp3) is 0.312. The SMILES string of the molecule is COc1cccc(C(=O)NCC(=O)Nc2c(C)nn(C)c2C)c1. The van der Waals surface area contributed by atoms with E-state index in [1.54, 1.807) is 28.9 Å². The summed E-state index contributed by atoms with van der Waals surface area (Å²) in [6.07, 6.45) is 0. The van der Waals surface area contributed by atoms with Crippen LogP contribution in [0.5, 0.6) is 5.75 Å². The number of hydrogen-bond acceptors (Lipinski definition) is 4. The lowest BCUT2D eigenvalue weighted by Crippen LogP contribution is -2.33. The molecule has 7 nitrogen and oxygen atoms in total. The Labute approximate surface area is 134 Å². The summed E-state index contributed by atoms with van der Waals surface area (Å²) in [6.45, 7) is 3.56. The maximum Gasteiger partial charge on any atom is 0.251 e. The lowest BCUT2D eigenvalue weighted by atomic mass is 10.2. The van der Waals surface area contributed by atoms with Crippen molar-refractivity contribution in [1.82, 2.24) is 15.1 Å². The lowest BCUT2D eigenvalue weighted by Gasteiger charge is -2.08. The number of anilines is 1. The molecular weight excluding hydrogens is 296 g/mol. The molecule has 0 saturated carbocycles. The smallest absolute Gasteiger partial charge is 0.251 e. The fourth-order valence-corrected chi connectivity index (χ4v) is 2.17. The zero-order valence-electron chi connectivity index (χ0n) is 13.6. The normalized spacial score (nSPS) is 10.3. The zero-order chi connectivity index (χ0) is 17.0. The molecule has 0 aliphatic carbocycles. The van der Waals surface area contributed by atoms with Gasteiger partial charge < -0.3 is 15.4 Å². The lowest BCUT2D eigenvalue weighted by molar-refractivity contribution is -0.115. The van der Waals surface area contributed by atoms with Crippen LogP contribution in [0.4, 0.5) is 5.69 Å².